The third kappa shape index (κ3) is 4.06. The van der Waals surface area contributed by atoms with Gasteiger partial charge >= 0.3 is 10.0 Å². The van der Waals surface area contributed by atoms with E-state index in [1.807, 2.05) is 24.3 Å². The molecule has 3 aliphatic rings. The van der Waals surface area contributed by atoms with E-state index in [4.69, 9.17) is 3.84 Å². The Balaban J connectivity index is 1.78. The summed E-state index contributed by atoms with van der Waals surface area (Å²) in [6, 6.07) is 7.85. The van der Waals surface area contributed by atoms with Crippen molar-refractivity contribution in [1.29, 1.82) is 0 Å². The van der Waals surface area contributed by atoms with Crippen LogP contribution >= 0.6 is 0 Å². The van der Waals surface area contributed by atoms with Gasteiger partial charge in [0.1, 0.15) is 4.90 Å². The second-order valence-electron chi connectivity index (χ2n) is 11.0. The van der Waals surface area contributed by atoms with Gasteiger partial charge in [0.2, 0.25) is 0 Å². The molecule has 4 nitrogen and oxygen atoms in total. The van der Waals surface area contributed by atoms with Crippen LogP contribution in [0.15, 0.2) is 41.3 Å². The highest BCUT2D eigenvalue weighted by Crippen LogP contribution is 2.54. The summed E-state index contributed by atoms with van der Waals surface area (Å²) in [4.78, 5) is 0.728. The van der Waals surface area contributed by atoms with Gasteiger partial charge < -0.3 is 5.11 Å². The third-order valence-corrected chi connectivity index (χ3v) is 9.21. The van der Waals surface area contributed by atoms with Crippen molar-refractivity contribution in [2.75, 3.05) is 6.54 Å². The summed E-state index contributed by atoms with van der Waals surface area (Å²) in [7, 11) is -2.82. The molecule has 2 fully saturated rings. The summed E-state index contributed by atoms with van der Waals surface area (Å²) in [5, 5.41) is 10.3. The Morgan fingerprint density at radius 3 is 2.31 bits per heavy atom. The van der Waals surface area contributed by atoms with Crippen LogP contribution in [-0.2, 0) is 19.5 Å². The molecule has 1 N–H and O–H groups in total. The minimum Gasteiger partial charge on any atom is -0.386 e. The molecular weight excluding hydrogens is 382 g/mol. The zero-order valence-electron chi connectivity index (χ0n) is 18.5. The molecule has 0 spiro atoms. The third-order valence-electron chi connectivity index (χ3n) is 6.77. The number of rotatable bonds is 4. The molecule has 1 aromatic rings. The molecule has 29 heavy (non-hydrogen) atoms. The number of benzene rings is 1. The van der Waals surface area contributed by atoms with Crippen molar-refractivity contribution in [3.8, 4) is 0 Å². The van der Waals surface area contributed by atoms with Crippen molar-refractivity contribution in [2.45, 2.75) is 89.4 Å². The van der Waals surface area contributed by atoms with Gasteiger partial charge in [-0.25, -0.2) is 0 Å². The number of hydrogen-bond donors (Lipinski definition) is 1. The molecule has 2 aliphatic carbocycles. The Labute approximate surface area is 176 Å². The highest BCUT2D eigenvalue weighted by Gasteiger charge is 2.55. The average Bonchev–Trinajstić information content (AvgIpc) is 3.18. The molecule has 3 atom stereocenters. The molecule has 1 aliphatic heterocycles. The van der Waals surface area contributed by atoms with E-state index >= 15 is 0 Å². The molecule has 0 radical (unpaired) electrons. The quantitative estimate of drug-likeness (QED) is 0.554. The minimum atomic E-state index is -2.82. The Bertz CT molecular complexity index is 910. The fraction of sp³-hybridized carbons (Fsp3) is 0.667. The van der Waals surface area contributed by atoms with Crippen molar-refractivity contribution >= 4 is 10.0 Å². The van der Waals surface area contributed by atoms with Gasteiger partial charge in [-0.3, -0.25) is 0 Å². The first-order chi connectivity index (χ1) is 13.4. The van der Waals surface area contributed by atoms with E-state index in [-0.39, 0.29) is 23.0 Å². The smallest absolute Gasteiger partial charge is 0.379 e. The molecule has 4 rings (SSSR count). The van der Waals surface area contributed by atoms with Gasteiger partial charge in [0.25, 0.3) is 6.10 Å². The number of nitrogens with zero attached hydrogens (tertiary/aromatic N) is 1. The van der Waals surface area contributed by atoms with E-state index in [1.165, 1.54) is 0 Å². The summed E-state index contributed by atoms with van der Waals surface area (Å²) < 4.78 is 23.3. The van der Waals surface area contributed by atoms with Gasteiger partial charge in [0.15, 0.2) is 0 Å². The zero-order chi connectivity index (χ0) is 21.1. The van der Waals surface area contributed by atoms with E-state index in [2.05, 4.69) is 37.2 Å². The SMILES string of the molecule is CC1(C)CC2CC(C)(CN2S(=O)(=[O+]C2CC=CC2)c2ccc(C(C)(C)O)cc2)C1. The highest BCUT2D eigenvalue weighted by molar-refractivity contribution is 7.89. The molecule has 1 saturated carbocycles. The molecule has 0 amide bonds. The highest BCUT2D eigenvalue weighted by atomic mass is 32.2. The minimum absolute atomic E-state index is 0.0299. The van der Waals surface area contributed by atoms with Crippen molar-refractivity contribution in [2.24, 2.45) is 10.8 Å². The van der Waals surface area contributed by atoms with E-state index in [0.717, 1.165) is 49.1 Å². The zero-order valence-corrected chi connectivity index (χ0v) is 19.3. The summed E-state index contributed by atoms with van der Waals surface area (Å²) in [6.07, 6.45) is 9.14. The van der Waals surface area contributed by atoms with Crippen LogP contribution in [0.4, 0.5) is 0 Å². The van der Waals surface area contributed by atoms with Crippen molar-refractivity contribution in [3.63, 3.8) is 0 Å². The molecule has 0 aromatic heterocycles. The largest absolute Gasteiger partial charge is 0.386 e. The molecule has 1 saturated heterocycles. The molecule has 1 heterocycles. The summed E-state index contributed by atoms with van der Waals surface area (Å²) in [6.45, 7) is 11.4. The summed E-state index contributed by atoms with van der Waals surface area (Å²) in [5.41, 5.74) is 0.335. The Morgan fingerprint density at radius 1 is 1.10 bits per heavy atom. The first-order valence-corrected chi connectivity index (χ1v) is 12.3. The fourth-order valence-electron chi connectivity index (χ4n) is 5.83. The van der Waals surface area contributed by atoms with Gasteiger partial charge in [-0.1, -0.05) is 45.1 Å². The second kappa shape index (κ2) is 6.93. The number of aliphatic hydroxyl groups is 1. The van der Waals surface area contributed by atoms with Crippen LogP contribution in [0, 0.1) is 10.8 Å². The van der Waals surface area contributed by atoms with Crippen molar-refractivity contribution in [3.05, 3.63) is 42.0 Å². The lowest BCUT2D eigenvalue weighted by Crippen LogP contribution is -2.39. The topological polar surface area (TPSA) is 51.8 Å². The van der Waals surface area contributed by atoms with Crippen LogP contribution in [-0.4, -0.2) is 32.3 Å². The van der Waals surface area contributed by atoms with Gasteiger partial charge in [-0.05, 0) is 61.6 Å². The lowest BCUT2D eigenvalue weighted by atomic mass is 9.65. The van der Waals surface area contributed by atoms with Crippen LogP contribution in [0.2, 0.25) is 0 Å². The molecular formula is C24H36NO3S+. The standard InChI is InChI=1S/C24H36NO3S/c1-22(2)14-19-15-24(5,16-22)17-25(19)29(27,28-20-8-6-7-9-20)21-12-10-18(11-13-21)23(3,4)26/h6-7,10-13,19-20,26H,8-9,14-17H2,1-5H3/q+1. The Morgan fingerprint density at radius 2 is 1.72 bits per heavy atom. The first kappa shape index (κ1) is 21.1. The Hall–Kier alpha value is -1.17. The summed E-state index contributed by atoms with van der Waals surface area (Å²) >= 11 is 0. The maximum atomic E-state index is 14.6. The van der Waals surface area contributed by atoms with Crippen LogP contribution in [0.3, 0.4) is 0 Å². The Kier molecular flexibility index (Phi) is 5.04. The van der Waals surface area contributed by atoms with Crippen LogP contribution < -0.4 is 0 Å². The van der Waals surface area contributed by atoms with Gasteiger partial charge in [0, 0.05) is 12.6 Å². The lowest BCUT2D eigenvalue weighted by molar-refractivity contribution is 0.0332. The van der Waals surface area contributed by atoms with Crippen LogP contribution in [0.5, 0.6) is 0 Å². The van der Waals surface area contributed by atoms with E-state index < -0.39 is 15.6 Å². The van der Waals surface area contributed by atoms with E-state index in [0.29, 0.717) is 0 Å². The molecule has 2 bridgehead atoms. The normalized spacial score (nSPS) is 31.7. The average molecular weight is 419 g/mol. The number of hydrogen-bond acceptors (Lipinski definition) is 2. The molecule has 5 heteroatoms. The molecule has 1 aromatic carbocycles. The van der Waals surface area contributed by atoms with Crippen molar-refractivity contribution in [1.82, 2.24) is 4.31 Å². The van der Waals surface area contributed by atoms with Gasteiger partial charge in [0.05, 0.1) is 18.4 Å². The summed E-state index contributed by atoms with van der Waals surface area (Å²) in [5.74, 6) is 0. The number of fused-ring (bicyclic) bond motifs is 2. The van der Waals surface area contributed by atoms with E-state index in [1.54, 1.807) is 13.8 Å². The second-order valence-corrected chi connectivity index (χ2v) is 13.1. The molecule has 160 valence electrons. The lowest BCUT2D eigenvalue weighted by Gasteiger charge is -2.39. The molecule has 3 unspecified atom stereocenters. The van der Waals surface area contributed by atoms with Crippen molar-refractivity contribution < 1.29 is 13.2 Å². The monoisotopic (exact) mass is 418 g/mol. The van der Waals surface area contributed by atoms with Gasteiger partial charge in [-0.2, -0.15) is 12.4 Å². The van der Waals surface area contributed by atoms with Crippen LogP contribution in [0.25, 0.3) is 0 Å². The maximum Gasteiger partial charge on any atom is 0.379 e. The van der Waals surface area contributed by atoms with Crippen LogP contribution in [0.1, 0.15) is 72.3 Å². The predicted octanol–water partition coefficient (Wildman–Crippen LogP) is 4.97. The maximum absolute atomic E-state index is 14.6. The van der Waals surface area contributed by atoms with Gasteiger partial charge in [-0.15, -0.1) is 0 Å². The predicted molar refractivity (Wildman–Crippen MR) is 117 cm³/mol. The fourth-order valence-corrected chi connectivity index (χ4v) is 8.35. The first-order valence-electron chi connectivity index (χ1n) is 10.9. The van der Waals surface area contributed by atoms with E-state index in [9.17, 15) is 9.32 Å².